The second-order valence-corrected chi connectivity index (χ2v) is 4.97. The van der Waals surface area contributed by atoms with Gasteiger partial charge in [-0.2, -0.15) is 0 Å². The van der Waals surface area contributed by atoms with E-state index in [9.17, 15) is 9.90 Å². The number of fused-ring (bicyclic) bond motifs is 1. The second-order valence-electron chi connectivity index (χ2n) is 4.97. The lowest BCUT2D eigenvalue weighted by Gasteiger charge is -2.26. The molecule has 0 bridgehead atoms. The van der Waals surface area contributed by atoms with E-state index in [0.717, 1.165) is 5.69 Å². The van der Waals surface area contributed by atoms with Gasteiger partial charge < -0.3 is 20.5 Å². The maximum absolute atomic E-state index is 12.2. The van der Waals surface area contributed by atoms with Gasteiger partial charge >= 0.3 is 0 Å². The molecular formula is C16H16N2O3. The summed E-state index contributed by atoms with van der Waals surface area (Å²) in [6, 6.07) is 12.4. The number of anilines is 2. The molecule has 1 unspecified atom stereocenters. The Bertz CT molecular complexity index is 685. The predicted octanol–water partition coefficient (Wildman–Crippen LogP) is 2.51. The maximum Gasteiger partial charge on any atom is 0.267 e. The summed E-state index contributed by atoms with van der Waals surface area (Å²) in [5.41, 5.74) is 2.24. The number of hydrogen-bond acceptors (Lipinski definition) is 4. The van der Waals surface area contributed by atoms with Gasteiger partial charge in [-0.25, -0.2) is 0 Å². The summed E-state index contributed by atoms with van der Waals surface area (Å²) in [5.74, 6) is 0.658. The third-order valence-corrected chi connectivity index (χ3v) is 3.39. The van der Waals surface area contributed by atoms with Crippen molar-refractivity contribution in [1.82, 2.24) is 0 Å². The third kappa shape index (κ3) is 2.76. The Morgan fingerprint density at radius 2 is 2.14 bits per heavy atom. The zero-order chi connectivity index (χ0) is 14.8. The van der Waals surface area contributed by atoms with Crippen LogP contribution in [0.5, 0.6) is 11.5 Å². The van der Waals surface area contributed by atoms with Crippen molar-refractivity contribution in [2.75, 3.05) is 17.2 Å². The SMILES string of the molecule is Cc1cc(NC(=O)C2CNc3ccccc3O2)ccc1O. The molecule has 0 saturated heterocycles. The average Bonchev–Trinajstić information content (AvgIpc) is 2.50. The highest BCUT2D eigenvalue weighted by atomic mass is 16.5. The Labute approximate surface area is 122 Å². The molecule has 0 saturated carbocycles. The van der Waals surface area contributed by atoms with Gasteiger partial charge in [0.2, 0.25) is 0 Å². The number of amides is 1. The molecule has 2 aromatic carbocycles. The molecule has 3 N–H and O–H groups in total. The van der Waals surface area contributed by atoms with E-state index in [1.165, 1.54) is 0 Å². The van der Waals surface area contributed by atoms with E-state index in [2.05, 4.69) is 10.6 Å². The topological polar surface area (TPSA) is 70.6 Å². The molecule has 1 aliphatic heterocycles. The van der Waals surface area contributed by atoms with Crippen LogP contribution in [-0.2, 0) is 4.79 Å². The lowest BCUT2D eigenvalue weighted by Crippen LogP contribution is -2.41. The number of phenols is 1. The van der Waals surface area contributed by atoms with Crippen molar-refractivity contribution >= 4 is 17.3 Å². The summed E-state index contributed by atoms with van der Waals surface area (Å²) >= 11 is 0. The van der Waals surface area contributed by atoms with Crippen LogP contribution >= 0.6 is 0 Å². The van der Waals surface area contributed by atoms with Gasteiger partial charge in [-0.15, -0.1) is 0 Å². The summed E-state index contributed by atoms with van der Waals surface area (Å²) in [6.45, 7) is 2.19. The molecule has 0 radical (unpaired) electrons. The van der Waals surface area contributed by atoms with Gasteiger partial charge in [0.15, 0.2) is 6.10 Å². The first kappa shape index (κ1) is 13.3. The molecule has 2 aromatic rings. The van der Waals surface area contributed by atoms with Crippen LogP contribution in [0.1, 0.15) is 5.56 Å². The Morgan fingerprint density at radius 1 is 1.33 bits per heavy atom. The van der Waals surface area contributed by atoms with Crippen LogP contribution in [0, 0.1) is 6.92 Å². The fraction of sp³-hybridized carbons (Fsp3) is 0.188. The van der Waals surface area contributed by atoms with Crippen molar-refractivity contribution in [3.8, 4) is 11.5 Å². The Morgan fingerprint density at radius 3 is 2.95 bits per heavy atom. The largest absolute Gasteiger partial charge is 0.508 e. The van der Waals surface area contributed by atoms with Gasteiger partial charge in [0, 0.05) is 5.69 Å². The minimum absolute atomic E-state index is 0.206. The summed E-state index contributed by atoms with van der Waals surface area (Å²) in [7, 11) is 0. The van der Waals surface area contributed by atoms with Crippen molar-refractivity contribution in [3.05, 3.63) is 48.0 Å². The number of phenolic OH excluding ortho intramolecular Hbond substituents is 1. The number of aromatic hydroxyl groups is 1. The molecule has 0 aromatic heterocycles. The molecule has 0 spiro atoms. The molecule has 3 rings (SSSR count). The molecule has 1 amide bonds. The standard InChI is InChI=1S/C16H16N2O3/c1-10-8-11(6-7-13(10)19)18-16(20)15-9-17-12-4-2-3-5-14(12)21-15/h2-8,15,17,19H,9H2,1H3,(H,18,20). The lowest BCUT2D eigenvalue weighted by molar-refractivity contribution is -0.122. The molecule has 0 aliphatic carbocycles. The quantitative estimate of drug-likeness (QED) is 0.741. The van der Waals surface area contributed by atoms with Crippen LogP contribution in [0.25, 0.3) is 0 Å². The molecule has 5 heteroatoms. The van der Waals surface area contributed by atoms with Crippen LogP contribution < -0.4 is 15.4 Å². The van der Waals surface area contributed by atoms with Crippen LogP contribution in [0.15, 0.2) is 42.5 Å². The minimum atomic E-state index is -0.589. The van der Waals surface area contributed by atoms with Crippen molar-refractivity contribution in [2.24, 2.45) is 0 Å². The summed E-state index contributed by atoms with van der Waals surface area (Å²) in [4.78, 5) is 12.2. The molecular weight excluding hydrogens is 268 g/mol. The predicted molar refractivity (Wildman–Crippen MR) is 80.8 cm³/mol. The molecule has 5 nitrogen and oxygen atoms in total. The molecule has 21 heavy (non-hydrogen) atoms. The van der Waals surface area contributed by atoms with Crippen LogP contribution in [-0.4, -0.2) is 23.7 Å². The molecule has 1 atom stereocenters. The van der Waals surface area contributed by atoms with Crippen molar-refractivity contribution in [2.45, 2.75) is 13.0 Å². The molecule has 1 aliphatic rings. The molecule has 1 heterocycles. The molecule has 0 fully saturated rings. The number of carbonyl (C=O) groups excluding carboxylic acids is 1. The average molecular weight is 284 g/mol. The van der Waals surface area contributed by atoms with E-state index in [4.69, 9.17) is 4.74 Å². The van der Waals surface area contributed by atoms with Gasteiger partial charge in [-0.1, -0.05) is 12.1 Å². The third-order valence-electron chi connectivity index (χ3n) is 3.39. The van der Waals surface area contributed by atoms with E-state index in [1.54, 1.807) is 25.1 Å². The number of hydrogen-bond donors (Lipinski definition) is 3. The van der Waals surface area contributed by atoms with Crippen molar-refractivity contribution in [3.63, 3.8) is 0 Å². The van der Waals surface area contributed by atoms with Crippen molar-refractivity contribution in [1.29, 1.82) is 0 Å². The minimum Gasteiger partial charge on any atom is -0.508 e. The fourth-order valence-electron chi connectivity index (χ4n) is 2.22. The Balaban J connectivity index is 1.70. The van der Waals surface area contributed by atoms with Crippen LogP contribution in [0.4, 0.5) is 11.4 Å². The van der Waals surface area contributed by atoms with Crippen LogP contribution in [0.3, 0.4) is 0 Å². The van der Waals surface area contributed by atoms with Gasteiger partial charge in [-0.3, -0.25) is 4.79 Å². The number of rotatable bonds is 2. The first-order valence-corrected chi connectivity index (χ1v) is 6.73. The first-order valence-electron chi connectivity index (χ1n) is 6.73. The van der Waals surface area contributed by atoms with E-state index >= 15 is 0 Å². The van der Waals surface area contributed by atoms with Gasteiger partial charge in [0.05, 0.1) is 12.2 Å². The lowest BCUT2D eigenvalue weighted by atomic mass is 10.2. The van der Waals surface area contributed by atoms with Crippen LogP contribution in [0.2, 0.25) is 0 Å². The van der Waals surface area contributed by atoms with Gasteiger partial charge in [-0.05, 0) is 42.8 Å². The summed E-state index contributed by atoms with van der Waals surface area (Å²) < 4.78 is 5.70. The Kier molecular flexibility index (Phi) is 3.39. The number of nitrogens with one attached hydrogen (secondary N) is 2. The molecule has 108 valence electrons. The monoisotopic (exact) mass is 284 g/mol. The zero-order valence-corrected chi connectivity index (χ0v) is 11.6. The smallest absolute Gasteiger partial charge is 0.267 e. The number of aryl methyl sites for hydroxylation is 1. The normalized spacial score (nSPS) is 16.3. The van der Waals surface area contributed by atoms with Gasteiger partial charge in [0.1, 0.15) is 11.5 Å². The van der Waals surface area contributed by atoms with E-state index < -0.39 is 6.10 Å². The van der Waals surface area contributed by atoms with E-state index in [0.29, 0.717) is 23.5 Å². The number of benzene rings is 2. The second kappa shape index (κ2) is 5.36. The Hall–Kier alpha value is -2.69. The highest BCUT2D eigenvalue weighted by molar-refractivity contribution is 5.95. The maximum atomic E-state index is 12.2. The summed E-state index contributed by atoms with van der Waals surface area (Å²) in [6.07, 6.45) is -0.589. The fourth-order valence-corrected chi connectivity index (χ4v) is 2.22. The first-order chi connectivity index (χ1) is 10.1. The highest BCUT2D eigenvalue weighted by Crippen LogP contribution is 2.28. The summed E-state index contributed by atoms with van der Waals surface area (Å²) in [5, 5.41) is 15.5. The zero-order valence-electron chi connectivity index (χ0n) is 11.6. The van der Waals surface area contributed by atoms with E-state index in [1.807, 2.05) is 24.3 Å². The number of ether oxygens (including phenoxy) is 1. The van der Waals surface area contributed by atoms with Crippen molar-refractivity contribution < 1.29 is 14.6 Å². The number of carbonyl (C=O) groups is 1. The highest BCUT2D eigenvalue weighted by Gasteiger charge is 2.25. The van der Waals surface area contributed by atoms with E-state index in [-0.39, 0.29) is 11.7 Å². The van der Waals surface area contributed by atoms with Gasteiger partial charge in [0.25, 0.3) is 5.91 Å². The number of para-hydroxylation sites is 2.